The first-order chi connectivity index (χ1) is 19.1. The molecule has 0 unspecified atom stereocenters. The molecular weight excluding hydrogens is 522 g/mol. The van der Waals surface area contributed by atoms with Gasteiger partial charge < -0.3 is 9.47 Å². The summed E-state index contributed by atoms with van der Waals surface area (Å²) in [6.07, 6.45) is 0. The van der Waals surface area contributed by atoms with Crippen LogP contribution in [-0.2, 0) is 10.2 Å². The Bertz CT molecular complexity index is 1500. The van der Waals surface area contributed by atoms with Crippen LogP contribution in [0.3, 0.4) is 0 Å². The highest BCUT2D eigenvalue weighted by atomic mass is 32.2. The molecule has 208 valence electrons. The van der Waals surface area contributed by atoms with Gasteiger partial charge in [0.05, 0.1) is 25.7 Å². The second-order valence-electron chi connectivity index (χ2n) is 10.4. The first-order valence-corrected chi connectivity index (χ1v) is 13.9. The van der Waals surface area contributed by atoms with E-state index >= 15 is 0 Å². The molecule has 0 aliphatic carbocycles. The summed E-state index contributed by atoms with van der Waals surface area (Å²) in [7, 11) is 3.16. The van der Waals surface area contributed by atoms with Crippen molar-refractivity contribution in [1.29, 1.82) is 0 Å². The number of benzene rings is 3. The Morgan fingerprint density at radius 2 is 1.62 bits per heavy atom. The first-order valence-electron chi connectivity index (χ1n) is 12.9. The SMILES string of the molecule is COc1ccc(/C(C)=N\NC(=O)CSc2nnc(-c3ccc(C(C)(C)C)cc3)n2-c2ccc(C)cc2)cc1OC. The van der Waals surface area contributed by atoms with Gasteiger partial charge in [-0.15, -0.1) is 10.2 Å². The monoisotopic (exact) mass is 557 g/mol. The number of ether oxygens (including phenoxy) is 2. The Balaban J connectivity index is 1.53. The molecule has 0 aliphatic rings. The van der Waals surface area contributed by atoms with Gasteiger partial charge in [0.2, 0.25) is 0 Å². The van der Waals surface area contributed by atoms with E-state index < -0.39 is 0 Å². The van der Waals surface area contributed by atoms with E-state index in [4.69, 9.17) is 9.47 Å². The van der Waals surface area contributed by atoms with Gasteiger partial charge >= 0.3 is 0 Å². The summed E-state index contributed by atoms with van der Waals surface area (Å²) in [5.41, 5.74) is 8.43. The second kappa shape index (κ2) is 12.4. The van der Waals surface area contributed by atoms with Crippen molar-refractivity contribution in [3.8, 4) is 28.6 Å². The Kier molecular flexibility index (Phi) is 8.94. The minimum absolute atomic E-state index is 0.0534. The van der Waals surface area contributed by atoms with Gasteiger partial charge in [-0.05, 0) is 55.2 Å². The molecule has 40 heavy (non-hydrogen) atoms. The predicted octanol–water partition coefficient (Wildman–Crippen LogP) is 6.19. The number of aromatic nitrogens is 3. The number of methoxy groups -OCH3 is 2. The summed E-state index contributed by atoms with van der Waals surface area (Å²) in [5, 5.41) is 13.9. The van der Waals surface area contributed by atoms with Crippen molar-refractivity contribution in [2.45, 2.75) is 45.2 Å². The van der Waals surface area contributed by atoms with Crippen LogP contribution in [0.15, 0.2) is 77.0 Å². The van der Waals surface area contributed by atoms with Crippen molar-refractivity contribution >= 4 is 23.4 Å². The maximum atomic E-state index is 12.7. The number of hydrazone groups is 1. The molecule has 8 nitrogen and oxygen atoms in total. The van der Waals surface area contributed by atoms with Crippen molar-refractivity contribution in [1.82, 2.24) is 20.2 Å². The zero-order chi connectivity index (χ0) is 28.9. The average molecular weight is 558 g/mol. The molecule has 1 heterocycles. The fraction of sp³-hybridized carbons (Fsp3) is 0.290. The number of nitrogens with zero attached hydrogens (tertiary/aromatic N) is 4. The molecule has 1 aromatic heterocycles. The van der Waals surface area contributed by atoms with E-state index in [2.05, 4.69) is 77.9 Å². The largest absolute Gasteiger partial charge is 0.493 e. The summed E-state index contributed by atoms with van der Waals surface area (Å²) in [4.78, 5) is 12.7. The maximum absolute atomic E-state index is 12.7. The van der Waals surface area contributed by atoms with E-state index in [9.17, 15) is 4.79 Å². The number of nitrogens with one attached hydrogen (secondary N) is 1. The van der Waals surface area contributed by atoms with Crippen LogP contribution >= 0.6 is 11.8 Å². The molecule has 0 atom stereocenters. The molecule has 3 aromatic carbocycles. The Hall–Kier alpha value is -4.11. The summed E-state index contributed by atoms with van der Waals surface area (Å²) < 4.78 is 12.6. The molecule has 1 amide bonds. The number of amides is 1. The van der Waals surface area contributed by atoms with Gasteiger partial charge in [-0.3, -0.25) is 9.36 Å². The molecule has 0 bridgehead atoms. The molecule has 0 radical (unpaired) electrons. The van der Waals surface area contributed by atoms with E-state index in [0.717, 1.165) is 28.2 Å². The molecule has 1 N–H and O–H groups in total. The van der Waals surface area contributed by atoms with Crippen molar-refractivity contribution in [2.24, 2.45) is 5.10 Å². The van der Waals surface area contributed by atoms with Crippen LogP contribution in [0.4, 0.5) is 0 Å². The summed E-state index contributed by atoms with van der Waals surface area (Å²) in [5.74, 6) is 1.81. The number of hydrogen-bond donors (Lipinski definition) is 1. The van der Waals surface area contributed by atoms with Crippen LogP contribution in [-0.4, -0.2) is 46.4 Å². The van der Waals surface area contributed by atoms with Crippen molar-refractivity contribution in [2.75, 3.05) is 20.0 Å². The van der Waals surface area contributed by atoms with E-state index in [1.165, 1.54) is 17.3 Å². The highest BCUT2D eigenvalue weighted by molar-refractivity contribution is 7.99. The minimum Gasteiger partial charge on any atom is -0.493 e. The fourth-order valence-electron chi connectivity index (χ4n) is 4.03. The maximum Gasteiger partial charge on any atom is 0.250 e. The highest BCUT2D eigenvalue weighted by Gasteiger charge is 2.19. The van der Waals surface area contributed by atoms with Crippen LogP contribution in [0.5, 0.6) is 11.5 Å². The van der Waals surface area contributed by atoms with Gasteiger partial charge in [0.1, 0.15) is 0 Å². The van der Waals surface area contributed by atoms with Crippen molar-refractivity contribution < 1.29 is 14.3 Å². The molecule has 4 rings (SSSR count). The van der Waals surface area contributed by atoms with E-state index in [-0.39, 0.29) is 17.1 Å². The van der Waals surface area contributed by atoms with Crippen LogP contribution in [0.1, 0.15) is 44.4 Å². The lowest BCUT2D eigenvalue weighted by atomic mass is 9.87. The summed E-state index contributed by atoms with van der Waals surface area (Å²) in [6, 6.07) is 22.0. The molecule has 9 heteroatoms. The predicted molar refractivity (Wildman–Crippen MR) is 161 cm³/mol. The Morgan fingerprint density at radius 3 is 2.25 bits per heavy atom. The van der Waals surface area contributed by atoms with Gasteiger partial charge in [-0.2, -0.15) is 5.10 Å². The number of carbonyl (C=O) groups excluding carboxylic acids is 1. The Morgan fingerprint density at radius 1 is 0.950 bits per heavy atom. The number of rotatable bonds is 9. The lowest BCUT2D eigenvalue weighted by Gasteiger charge is -2.19. The third-order valence-electron chi connectivity index (χ3n) is 6.42. The standard InChI is InChI=1S/C31H35N5O3S/c1-20-8-15-25(16-9-20)36-29(22-10-13-24(14-11-22)31(3,4)5)34-35-30(36)40-19-28(37)33-32-21(2)23-12-17-26(38-6)27(18-23)39-7/h8-18H,19H2,1-7H3,(H,33,37)/b32-21-. The molecule has 0 spiro atoms. The van der Waals surface area contributed by atoms with Crippen LogP contribution in [0, 0.1) is 6.92 Å². The zero-order valence-corrected chi connectivity index (χ0v) is 24.8. The van der Waals surface area contributed by atoms with Crippen LogP contribution in [0.25, 0.3) is 17.1 Å². The van der Waals surface area contributed by atoms with Gasteiger partial charge in [-0.25, -0.2) is 5.43 Å². The lowest BCUT2D eigenvalue weighted by Crippen LogP contribution is -2.21. The number of hydrogen-bond acceptors (Lipinski definition) is 7. The van der Waals surface area contributed by atoms with Crippen LogP contribution in [0.2, 0.25) is 0 Å². The molecule has 0 saturated heterocycles. The van der Waals surface area contributed by atoms with Gasteiger partial charge in [0.25, 0.3) is 5.91 Å². The summed E-state index contributed by atoms with van der Waals surface area (Å²) >= 11 is 1.31. The summed E-state index contributed by atoms with van der Waals surface area (Å²) in [6.45, 7) is 10.4. The van der Waals surface area contributed by atoms with Crippen molar-refractivity contribution in [3.63, 3.8) is 0 Å². The number of aryl methyl sites for hydroxylation is 1. The molecule has 4 aromatic rings. The van der Waals surface area contributed by atoms with Crippen molar-refractivity contribution in [3.05, 3.63) is 83.4 Å². The molecule has 0 aliphatic heterocycles. The lowest BCUT2D eigenvalue weighted by molar-refractivity contribution is -0.118. The highest BCUT2D eigenvalue weighted by Crippen LogP contribution is 2.31. The number of thioether (sulfide) groups is 1. The van der Waals surface area contributed by atoms with E-state index in [1.807, 2.05) is 42.7 Å². The molecule has 0 saturated carbocycles. The third-order valence-corrected chi connectivity index (χ3v) is 7.35. The zero-order valence-electron chi connectivity index (χ0n) is 24.0. The minimum atomic E-state index is -0.251. The average Bonchev–Trinajstić information content (AvgIpc) is 3.38. The smallest absolute Gasteiger partial charge is 0.250 e. The van der Waals surface area contributed by atoms with E-state index in [0.29, 0.717) is 22.4 Å². The quantitative estimate of drug-likeness (QED) is 0.150. The second-order valence-corrected chi connectivity index (χ2v) is 11.3. The van der Waals surface area contributed by atoms with Crippen LogP contribution < -0.4 is 14.9 Å². The third kappa shape index (κ3) is 6.71. The first kappa shape index (κ1) is 28.9. The Labute approximate surface area is 239 Å². The molecular formula is C31H35N5O3S. The van der Waals surface area contributed by atoms with Gasteiger partial charge in [-0.1, -0.05) is 74.5 Å². The number of carbonyl (C=O) groups is 1. The topological polar surface area (TPSA) is 90.6 Å². The van der Waals surface area contributed by atoms with Gasteiger partial charge in [0.15, 0.2) is 22.5 Å². The van der Waals surface area contributed by atoms with Gasteiger partial charge in [0, 0.05) is 16.8 Å². The molecule has 0 fully saturated rings. The fourth-order valence-corrected chi connectivity index (χ4v) is 4.77. The normalized spacial score (nSPS) is 11.8. The van der Waals surface area contributed by atoms with E-state index in [1.54, 1.807) is 20.3 Å².